The summed E-state index contributed by atoms with van der Waals surface area (Å²) in [4.78, 5) is 25.2. The molecule has 2 aromatic heterocycles. The molecular weight excluding hydrogens is 589 g/mol. The molecule has 1 saturated heterocycles. The van der Waals surface area contributed by atoms with Crippen molar-refractivity contribution in [1.29, 1.82) is 0 Å². The smallest absolute Gasteiger partial charge is 0.307 e. The van der Waals surface area contributed by atoms with Gasteiger partial charge >= 0.3 is 5.97 Å². The molecule has 3 heterocycles. The molecule has 0 atom stereocenters. The van der Waals surface area contributed by atoms with E-state index in [4.69, 9.17) is 14.5 Å². The molecule has 0 aliphatic carbocycles. The topological polar surface area (TPSA) is 84.8 Å². The van der Waals surface area contributed by atoms with Crippen molar-refractivity contribution < 1.29 is 23.8 Å². The summed E-state index contributed by atoms with van der Waals surface area (Å²) < 4.78 is 25.5. The Kier molecular flexibility index (Phi) is 10.2. The van der Waals surface area contributed by atoms with Crippen molar-refractivity contribution in [3.05, 3.63) is 92.4 Å². The number of halogens is 1. The number of piperidine rings is 1. The SMILES string of the molecule is Cc1nc(COCc2nc(C)c(CC(=O)O)c(N3CCC(C)(C)CC3)c2-c2ccc(OCCc3ccc(F)cc3)cc2)sc1C. The van der Waals surface area contributed by atoms with E-state index >= 15 is 0 Å². The van der Waals surface area contributed by atoms with Crippen molar-refractivity contribution in [3.63, 3.8) is 0 Å². The molecule has 9 heteroatoms. The third kappa shape index (κ3) is 8.27. The fourth-order valence-electron chi connectivity index (χ4n) is 5.73. The first-order valence-corrected chi connectivity index (χ1v) is 16.3. The van der Waals surface area contributed by atoms with Gasteiger partial charge in [0.2, 0.25) is 0 Å². The second-order valence-electron chi connectivity index (χ2n) is 12.6. The molecule has 1 fully saturated rings. The summed E-state index contributed by atoms with van der Waals surface area (Å²) in [6.07, 6.45) is 2.58. The van der Waals surface area contributed by atoms with Crippen molar-refractivity contribution in [3.8, 4) is 16.9 Å². The van der Waals surface area contributed by atoms with Crippen LogP contribution in [0.5, 0.6) is 5.75 Å². The molecule has 4 aromatic rings. The van der Waals surface area contributed by atoms with Gasteiger partial charge in [0.05, 0.1) is 43.3 Å². The minimum atomic E-state index is -0.882. The molecule has 238 valence electrons. The highest BCUT2D eigenvalue weighted by Gasteiger charge is 2.31. The van der Waals surface area contributed by atoms with E-state index in [0.29, 0.717) is 25.3 Å². The van der Waals surface area contributed by atoms with Crippen LogP contribution < -0.4 is 9.64 Å². The van der Waals surface area contributed by atoms with Crippen LogP contribution in [0.3, 0.4) is 0 Å². The second kappa shape index (κ2) is 14.1. The molecule has 0 unspecified atom stereocenters. The number of aryl methyl sites for hydroxylation is 3. The average molecular weight is 632 g/mol. The lowest BCUT2D eigenvalue weighted by Crippen LogP contribution is -2.38. The van der Waals surface area contributed by atoms with Gasteiger partial charge < -0.3 is 19.5 Å². The minimum Gasteiger partial charge on any atom is -0.493 e. The van der Waals surface area contributed by atoms with Crippen LogP contribution in [0.4, 0.5) is 10.1 Å². The first kappa shape index (κ1) is 32.6. The predicted molar refractivity (Wildman–Crippen MR) is 177 cm³/mol. The van der Waals surface area contributed by atoms with Gasteiger partial charge in [0.25, 0.3) is 0 Å². The van der Waals surface area contributed by atoms with E-state index in [1.165, 1.54) is 17.0 Å². The Balaban J connectivity index is 1.47. The number of nitrogens with zero attached hydrogens (tertiary/aromatic N) is 3. The number of anilines is 1. The number of aliphatic carboxylic acids is 1. The maximum atomic E-state index is 13.3. The van der Waals surface area contributed by atoms with Gasteiger partial charge in [-0.05, 0) is 74.4 Å². The van der Waals surface area contributed by atoms with E-state index in [1.807, 2.05) is 38.1 Å². The van der Waals surface area contributed by atoms with Crippen molar-refractivity contribution in [2.24, 2.45) is 5.41 Å². The molecule has 1 N–H and O–H groups in total. The van der Waals surface area contributed by atoms with Gasteiger partial charge in [-0.15, -0.1) is 11.3 Å². The van der Waals surface area contributed by atoms with Crippen molar-refractivity contribution in [1.82, 2.24) is 9.97 Å². The minimum absolute atomic E-state index is 0.107. The molecular formula is C36H42FN3O4S. The number of hydrogen-bond donors (Lipinski definition) is 1. The van der Waals surface area contributed by atoms with Crippen molar-refractivity contribution >= 4 is 23.0 Å². The number of carboxylic acid groups (broad SMARTS) is 1. The number of ether oxygens (including phenoxy) is 2. The van der Waals surface area contributed by atoms with Crippen LogP contribution in [0.25, 0.3) is 11.1 Å². The summed E-state index contributed by atoms with van der Waals surface area (Å²) >= 11 is 1.63. The van der Waals surface area contributed by atoms with Crippen molar-refractivity contribution in [2.75, 3.05) is 24.6 Å². The Morgan fingerprint density at radius 2 is 1.67 bits per heavy atom. The largest absolute Gasteiger partial charge is 0.493 e. The molecule has 1 aliphatic heterocycles. The number of carbonyl (C=O) groups is 1. The lowest BCUT2D eigenvalue weighted by molar-refractivity contribution is -0.136. The average Bonchev–Trinajstić information content (AvgIpc) is 3.32. The lowest BCUT2D eigenvalue weighted by atomic mass is 9.82. The monoisotopic (exact) mass is 631 g/mol. The summed E-state index contributed by atoms with van der Waals surface area (Å²) in [5.41, 5.74) is 7.25. The van der Waals surface area contributed by atoms with E-state index in [1.54, 1.807) is 23.5 Å². The number of rotatable bonds is 12. The maximum Gasteiger partial charge on any atom is 0.307 e. The molecule has 1 aliphatic rings. The second-order valence-corrected chi connectivity index (χ2v) is 13.8. The highest BCUT2D eigenvalue weighted by molar-refractivity contribution is 7.11. The molecule has 5 rings (SSSR count). The Morgan fingerprint density at radius 1 is 0.978 bits per heavy atom. The fraction of sp³-hybridized carbons (Fsp3) is 0.417. The first-order chi connectivity index (χ1) is 21.5. The van der Waals surface area contributed by atoms with Crippen LogP contribution >= 0.6 is 11.3 Å². The Bertz CT molecular complexity index is 1600. The van der Waals surface area contributed by atoms with E-state index in [9.17, 15) is 14.3 Å². The maximum absolute atomic E-state index is 13.3. The molecule has 0 bridgehead atoms. The predicted octanol–water partition coefficient (Wildman–Crippen LogP) is 7.86. The van der Waals surface area contributed by atoms with Gasteiger partial charge in [0, 0.05) is 41.2 Å². The number of thiazole rings is 1. The highest BCUT2D eigenvalue weighted by atomic mass is 32.1. The zero-order valence-electron chi connectivity index (χ0n) is 26.8. The van der Waals surface area contributed by atoms with E-state index < -0.39 is 5.97 Å². The zero-order chi connectivity index (χ0) is 32.1. The van der Waals surface area contributed by atoms with Gasteiger partial charge in [0.1, 0.15) is 16.6 Å². The van der Waals surface area contributed by atoms with Gasteiger partial charge in [0.15, 0.2) is 0 Å². The number of carboxylic acids is 1. The lowest BCUT2D eigenvalue weighted by Gasteiger charge is -2.40. The quantitative estimate of drug-likeness (QED) is 0.170. The molecule has 0 radical (unpaired) electrons. The fourth-order valence-corrected chi connectivity index (χ4v) is 6.60. The molecule has 0 saturated carbocycles. The Labute approximate surface area is 269 Å². The summed E-state index contributed by atoms with van der Waals surface area (Å²) in [5.74, 6) is -0.411. The van der Waals surface area contributed by atoms with Gasteiger partial charge in [-0.1, -0.05) is 38.1 Å². The van der Waals surface area contributed by atoms with Gasteiger partial charge in [-0.3, -0.25) is 9.78 Å². The van der Waals surface area contributed by atoms with Crippen LogP contribution in [-0.2, 0) is 35.6 Å². The summed E-state index contributed by atoms with van der Waals surface area (Å²) in [6, 6.07) is 14.3. The number of hydrogen-bond acceptors (Lipinski definition) is 7. The first-order valence-electron chi connectivity index (χ1n) is 15.5. The highest BCUT2D eigenvalue weighted by Crippen LogP contribution is 2.42. The normalized spacial score (nSPS) is 14.5. The van der Waals surface area contributed by atoms with E-state index in [0.717, 1.165) is 76.0 Å². The molecule has 0 amide bonds. The van der Waals surface area contributed by atoms with Crippen LogP contribution in [0.15, 0.2) is 48.5 Å². The molecule has 7 nitrogen and oxygen atoms in total. The summed E-state index contributed by atoms with van der Waals surface area (Å²) in [6.45, 7) is 13.3. The number of benzene rings is 2. The Morgan fingerprint density at radius 3 is 2.29 bits per heavy atom. The van der Waals surface area contributed by atoms with Crippen molar-refractivity contribution in [2.45, 2.75) is 73.5 Å². The molecule has 0 spiro atoms. The number of aromatic nitrogens is 2. The van der Waals surface area contributed by atoms with E-state index in [-0.39, 0.29) is 24.3 Å². The van der Waals surface area contributed by atoms with Crippen LogP contribution in [0, 0.1) is 32.0 Å². The van der Waals surface area contributed by atoms with Gasteiger partial charge in [-0.2, -0.15) is 0 Å². The Hall–Kier alpha value is -3.82. The third-order valence-electron chi connectivity index (χ3n) is 8.56. The van der Waals surface area contributed by atoms with Crippen LogP contribution in [0.1, 0.15) is 64.8 Å². The van der Waals surface area contributed by atoms with Gasteiger partial charge in [-0.25, -0.2) is 9.37 Å². The molecule has 45 heavy (non-hydrogen) atoms. The number of pyridine rings is 1. The summed E-state index contributed by atoms with van der Waals surface area (Å²) in [7, 11) is 0. The van der Waals surface area contributed by atoms with Crippen LogP contribution in [-0.4, -0.2) is 40.7 Å². The summed E-state index contributed by atoms with van der Waals surface area (Å²) in [5, 5.41) is 10.8. The third-order valence-corrected chi connectivity index (χ3v) is 9.61. The standard InChI is InChI=1S/C36H42FN3O4S/c1-23-25(3)45-32(39-23)22-43-21-31-34(27-8-12-29(13-9-27)44-19-14-26-6-10-28(37)11-7-26)35(30(20-33(41)42)24(2)38-31)40-17-15-36(4,5)16-18-40/h6-13H,14-22H2,1-5H3,(H,41,42). The molecule has 2 aromatic carbocycles. The van der Waals surface area contributed by atoms with E-state index in [2.05, 4.69) is 30.7 Å². The van der Waals surface area contributed by atoms with Crippen LogP contribution in [0.2, 0.25) is 0 Å². The zero-order valence-corrected chi connectivity index (χ0v) is 27.6.